The Bertz CT molecular complexity index is 232. The Hall–Kier alpha value is -0.640. The van der Waals surface area contributed by atoms with Crippen molar-refractivity contribution >= 4 is 17.9 Å². The van der Waals surface area contributed by atoms with Crippen LogP contribution in [0.5, 0.6) is 0 Å². The Kier molecular flexibility index (Phi) is 6.38. The predicted octanol–water partition coefficient (Wildman–Crippen LogP) is 3.45. The summed E-state index contributed by atoms with van der Waals surface area (Å²) in [6, 6.07) is 0. The van der Waals surface area contributed by atoms with Crippen LogP contribution in [0.15, 0.2) is 12.3 Å². The van der Waals surface area contributed by atoms with E-state index < -0.39 is 6.16 Å². The largest absolute Gasteiger partial charge is 0.513 e. The van der Waals surface area contributed by atoms with Crippen molar-refractivity contribution in [2.45, 2.75) is 26.7 Å². The van der Waals surface area contributed by atoms with Gasteiger partial charge >= 0.3 is 6.16 Å². The van der Waals surface area contributed by atoms with E-state index >= 15 is 0 Å². The van der Waals surface area contributed by atoms with Gasteiger partial charge in [0.2, 0.25) is 0 Å². The summed E-state index contributed by atoms with van der Waals surface area (Å²) in [6.07, 6.45) is 5.19. The SMILES string of the molecule is CC(C)COC(=O)OC=CC1CCSCC1. The summed E-state index contributed by atoms with van der Waals surface area (Å²) >= 11 is 1.98. The number of ether oxygens (including phenoxy) is 2. The first kappa shape index (κ1) is 13.4. The highest BCUT2D eigenvalue weighted by molar-refractivity contribution is 7.99. The molecule has 0 atom stereocenters. The van der Waals surface area contributed by atoms with Gasteiger partial charge in [0.25, 0.3) is 0 Å². The molecule has 0 radical (unpaired) electrons. The molecule has 1 heterocycles. The maximum absolute atomic E-state index is 11.1. The fraction of sp³-hybridized carbons (Fsp3) is 0.750. The van der Waals surface area contributed by atoms with Gasteiger partial charge in [0.05, 0.1) is 12.9 Å². The third-order valence-corrected chi connectivity index (χ3v) is 3.36. The summed E-state index contributed by atoms with van der Waals surface area (Å²) in [7, 11) is 0. The number of thioether (sulfide) groups is 1. The zero-order valence-electron chi connectivity index (χ0n) is 9.98. The number of rotatable bonds is 4. The van der Waals surface area contributed by atoms with E-state index in [1.54, 1.807) is 0 Å². The van der Waals surface area contributed by atoms with Gasteiger partial charge in [-0.15, -0.1) is 0 Å². The molecule has 4 heteroatoms. The lowest BCUT2D eigenvalue weighted by atomic mass is 10.0. The number of hydrogen-bond acceptors (Lipinski definition) is 4. The highest BCUT2D eigenvalue weighted by Gasteiger charge is 2.10. The molecule has 0 amide bonds. The second kappa shape index (κ2) is 7.60. The number of carbonyl (C=O) groups is 1. The summed E-state index contributed by atoms with van der Waals surface area (Å²) in [5, 5.41) is 0. The molecule has 0 aromatic heterocycles. The third kappa shape index (κ3) is 6.05. The van der Waals surface area contributed by atoms with Crippen LogP contribution in [0.2, 0.25) is 0 Å². The summed E-state index contributed by atoms with van der Waals surface area (Å²) in [6.45, 7) is 4.39. The minimum absolute atomic E-state index is 0.340. The molecule has 0 bridgehead atoms. The molecular weight excluding hydrogens is 224 g/mol. The number of carbonyl (C=O) groups excluding carboxylic acids is 1. The van der Waals surface area contributed by atoms with E-state index in [1.807, 2.05) is 31.7 Å². The molecule has 0 unspecified atom stereocenters. The quantitative estimate of drug-likeness (QED) is 0.560. The monoisotopic (exact) mass is 244 g/mol. The van der Waals surface area contributed by atoms with Crippen LogP contribution in [0.25, 0.3) is 0 Å². The molecule has 3 nitrogen and oxygen atoms in total. The van der Waals surface area contributed by atoms with Gasteiger partial charge in [0, 0.05) is 0 Å². The van der Waals surface area contributed by atoms with Gasteiger partial charge in [-0.2, -0.15) is 11.8 Å². The van der Waals surface area contributed by atoms with Crippen LogP contribution in [0.3, 0.4) is 0 Å². The fourth-order valence-corrected chi connectivity index (χ4v) is 2.53. The van der Waals surface area contributed by atoms with Crippen LogP contribution in [0, 0.1) is 11.8 Å². The molecule has 0 aromatic rings. The number of hydrogen-bond donors (Lipinski definition) is 0. The fourth-order valence-electron chi connectivity index (χ4n) is 1.38. The lowest BCUT2D eigenvalue weighted by Gasteiger charge is -2.17. The van der Waals surface area contributed by atoms with Crippen molar-refractivity contribution in [3.05, 3.63) is 12.3 Å². The zero-order valence-corrected chi connectivity index (χ0v) is 10.8. The number of allylic oxidation sites excluding steroid dienone is 1. The van der Waals surface area contributed by atoms with Gasteiger partial charge in [0.1, 0.15) is 0 Å². The van der Waals surface area contributed by atoms with Crippen LogP contribution >= 0.6 is 11.8 Å². The van der Waals surface area contributed by atoms with Gasteiger partial charge in [-0.1, -0.05) is 13.8 Å². The molecule has 0 N–H and O–H groups in total. The normalized spacial score (nSPS) is 17.9. The summed E-state index contributed by atoms with van der Waals surface area (Å²) in [5.74, 6) is 3.30. The van der Waals surface area contributed by atoms with Gasteiger partial charge in [0.15, 0.2) is 0 Å². The lowest BCUT2D eigenvalue weighted by Crippen LogP contribution is -2.10. The molecule has 0 aliphatic carbocycles. The van der Waals surface area contributed by atoms with Crippen LogP contribution in [-0.4, -0.2) is 24.3 Å². The summed E-state index contributed by atoms with van der Waals surface area (Å²) in [5.41, 5.74) is 0. The summed E-state index contributed by atoms with van der Waals surface area (Å²) < 4.78 is 9.72. The molecule has 0 aromatic carbocycles. The highest BCUT2D eigenvalue weighted by atomic mass is 32.2. The molecule has 1 fully saturated rings. The molecule has 1 saturated heterocycles. The smallest absolute Gasteiger partial charge is 0.434 e. The van der Waals surface area contributed by atoms with Crippen LogP contribution in [0.4, 0.5) is 4.79 Å². The van der Waals surface area contributed by atoms with Crippen LogP contribution in [0.1, 0.15) is 26.7 Å². The molecule has 1 aliphatic rings. The Morgan fingerprint density at radius 3 is 2.75 bits per heavy atom. The Labute approximate surface area is 102 Å². The molecular formula is C12H20O3S. The average Bonchev–Trinajstić information content (AvgIpc) is 2.28. The molecule has 16 heavy (non-hydrogen) atoms. The molecule has 0 saturated carbocycles. The van der Waals surface area contributed by atoms with Gasteiger partial charge in [-0.3, -0.25) is 0 Å². The first-order chi connectivity index (χ1) is 7.68. The van der Waals surface area contributed by atoms with Crippen molar-refractivity contribution in [2.24, 2.45) is 11.8 Å². The molecule has 1 rings (SSSR count). The van der Waals surface area contributed by atoms with E-state index in [9.17, 15) is 4.79 Å². The first-order valence-corrected chi connectivity index (χ1v) is 6.91. The van der Waals surface area contributed by atoms with Crippen molar-refractivity contribution < 1.29 is 14.3 Å². The maximum Gasteiger partial charge on any atom is 0.513 e. The predicted molar refractivity (Wildman–Crippen MR) is 66.5 cm³/mol. The molecule has 1 aliphatic heterocycles. The Balaban J connectivity index is 2.12. The first-order valence-electron chi connectivity index (χ1n) is 5.76. The van der Waals surface area contributed by atoms with E-state index in [1.165, 1.54) is 30.6 Å². The van der Waals surface area contributed by atoms with E-state index in [2.05, 4.69) is 0 Å². The highest BCUT2D eigenvalue weighted by Crippen LogP contribution is 2.23. The third-order valence-electron chi connectivity index (χ3n) is 2.32. The minimum atomic E-state index is -0.602. The van der Waals surface area contributed by atoms with Crippen LogP contribution in [-0.2, 0) is 9.47 Å². The minimum Gasteiger partial charge on any atom is -0.434 e. The average molecular weight is 244 g/mol. The second-order valence-electron chi connectivity index (χ2n) is 4.35. The second-order valence-corrected chi connectivity index (χ2v) is 5.58. The zero-order chi connectivity index (χ0) is 11.8. The van der Waals surface area contributed by atoms with E-state index in [0.29, 0.717) is 18.4 Å². The van der Waals surface area contributed by atoms with Gasteiger partial charge in [-0.05, 0) is 42.3 Å². The molecule has 0 spiro atoms. The standard InChI is InChI=1S/C12H20O3S/c1-10(2)9-15-12(13)14-6-3-11-4-7-16-8-5-11/h3,6,10-11H,4-5,7-9H2,1-2H3. The summed E-state index contributed by atoms with van der Waals surface area (Å²) in [4.78, 5) is 11.1. The Morgan fingerprint density at radius 1 is 1.44 bits per heavy atom. The molecule has 92 valence electrons. The van der Waals surface area contributed by atoms with Crippen molar-refractivity contribution in [1.82, 2.24) is 0 Å². The topological polar surface area (TPSA) is 35.5 Å². The van der Waals surface area contributed by atoms with Gasteiger partial charge < -0.3 is 9.47 Å². The maximum atomic E-state index is 11.1. The lowest BCUT2D eigenvalue weighted by molar-refractivity contribution is 0.0747. The Morgan fingerprint density at radius 2 is 2.12 bits per heavy atom. The van der Waals surface area contributed by atoms with E-state index in [-0.39, 0.29) is 0 Å². The van der Waals surface area contributed by atoms with E-state index in [4.69, 9.17) is 9.47 Å². The van der Waals surface area contributed by atoms with Crippen molar-refractivity contribution in [3.63, 3.8) is 0 Å². The van der Waals surface area contributed by atoms with Gasteiger partial charge in [-0.25, -0.2) is 4.79 Å². The van der Waals surface area contributed by atoms with Crippen molar-refractivity contribution in [1.29, 1.82) is 0 Å². The van der Waals surface area contributed by atoms with Crippen molar-refractivity contribution in [2.75, 3.05) is 18.1 Å². The van der Waals surface area contributed by atoms with E-state index in [0.717, 1.165) is 0 Å². The van der Waals surface area contributed by atoms with Crippen molar-refractivity contribution in [3.8, 4) is 0 Å². The van der Waals surface area contributed by atoms with Crippen LogP contribution < -0.4 is 0 Å².